The number of nitrogens with zero attached hydrogens (tertiary/aromatic N) is 4. The lowest BCUT2D eigenvalue weighted by molar-refractivity contribution is -0.151. The van der Waals surface area contributed by atoms with E-state index in [0.717, 1.165) is 25.9 Å². The van der Waals surface area contributed by atoms with Crippen LogP contribution in [0.25, 0.3) is 0 Å². The third kappa shape index (κ3) is 5.78. The minimum Gasteiger partial charge on any atom is -0.480 e. The summed E-state index contributed by atoms with van der Waals surface area (Å²) in [6, 6.07) is 0.954. The number of anilines is 2. The van der Waals surface area contributed by atoms with Crippen LogP contribution < -0.4 is 16.3 Å². The first-order valence-electron chi connectivity index (χ1n) is 9.52. The average Bonchev–Trinajstić information content (AvgIpc) is 3.15. The van der Waals surface area contributed by atoms with E-state index in [0.29, 0.717) is 22.2 Å². The Bertz CT molecular complexity index is 801. The normalized spacial score (nSPS) is 19.5. The number of aliphatic carboxylic acids is 1. The van der Waals surface area contributed by atoms with E-state index < -0.39 is 17.4 Å². The molecule has 3 rings (SSSR count). The van der Waals surface area contributed by atoms with Gasteiger partial charge in [-0.1, -0.05) is 20.8 Å². The van der Waals surface area contributed by atoms with Gasteiger partial charge < -0.3 is 25.8 Å². The number of hydrogen-bond donors (Lipinski definition) is 4. The summed E-state index contributed by atoms with van der Waals surface area (Å²) in [7, 11) is 0. The Morgan fingerprint density at radius 1 is 1.28 bits per heavy atom. The first-order chi connectivity index (χ1) is 13.5. The van der Waals surface area contributed by atoms with Gasteiger partial charge in [-0.05, 0) is 19.3 Å². The van der Waals surface area contributed by atoms with Crippen molar-refractivity contribution in [1.82, 2.24) is 14.6 Å². The Morgan fingerprint density at radius 2 is 1.90 bits per heavy atom. The van der Waals surface area contributed by atoms with E-state index in [1.807, 2.05) is 0 Å². The van der Waals surface area contributed by atoms with Crippen molar-refractivity contribution in [3.8, 4) is 0 Å². The number of nitrogens with one attached hydrogen (secondary N) is 1. The zero-order chi connectivity index (χ0) is 21.8. The van der Waals surface area contributed by atoms with Gasteiger partial charge in [0.2, 0.25) is 5.91 Å². The highest BCUT2D eigenvalue weighted by atomic mass is 32.2. The van der Waals surface area contributed by atoms with Crippen LogP contribution in [0, 0.1) is 10.8 Å². The van der Waals surface area contributed by atoms with Crippen LogP contribution in [0.15, 0.2) is 6.07 Å². The van der Waals surface area contributed by atoms with Gasteiger partial charge in [-0.25, -0.2) is 4.79 Å². The van der Waals surface area contributed by atoms with Gasteiger partial charge >= 0.3 is 5.97 Å². The van der Waals surface area contributed by atoms with Gasteiger partial charge in [0.25, 0.3) is 5.62 Å². The molecule has 3 heterocycles. The van der Waals surface area contributed by atoms with Gasteiger partial charge in [-0.3, -0.25) is 10.2 Å². The predicted molar refractivity (Wildman–Crippen MR) is 111 cm³/mol. The summed E-state index contributed by atoms with van der Waals surface area (Å²) < 4.78 is 0.577. The lowest BCUT2D eigenvalue weighted by Crippen LogP contribution is -2.46. The number of hydrogen-bond acceptors (Lipinski definition) is 8. The minimum absolute atomic E-state index is 0.0881. The number of carboxylic acid groups (broad SMARTS) is 1. The molecule has 0 radical (unpaired) electrons. The minimum atomic E-state index is -0.910. The van der Waals surface area contributed by atoms with Crippen LogP contribution in [-0.4, -0.2) is 67.6 Å². The fourth-order valence-electron chi connectivity index (χ4n) is 3.07. The van der Waals surface area contributed by atoms with Gasteiger partial charge in [0, 0.05) is 30.3 Å². The molecule has 0 saturated carbocycles. The van der Waals surface area contributed by atoms with E-state index in [9.17, 15) is 14.8 Å². The van der Waals surface area contributed by atoms with E-state index in [4.69, 9.17) is 16.2 Å². The quantitative estimate of drug-likeness (QED) is 0.515. The molecule has 162 valence electrons. The maximum atomic E-state index is 11.8. The Labute approximate surface area is 174 Å². The molecule has 10 nitrogen and oxygen atoms in total. The van der Waals surface area contributed by atoms with E-state index in [-0.39, 0.29) is 17.3 Å². The smallest absolute Gasteiger partial charge is 0.327 e. The maximum absolute atomic E-state index is 11.8. The SMILES string of the molecule is CC(C)(C)C(=O)N1CSCC1C(=O)O.N=c1nc(N2CCCCC2)cc(N)n1O. The van der Waals surface area contributed by atoms with Crippen molar-refractivity contribution in [1.29, 1.82) is 5.41 Å². The molecule has 0 spiro atoms. The second kappa shape index (κ2) is 9.38. The van der Waals surface area contributed by atoms with Crippen LogP contribution in [0.3, 0.4) is 0 Å². The number of thioether (sulfide) groups is 1. The number of aromatic nitrogens is 2. The van der Waals surface area contributed by atoms with E-state index >= 15 is 0 Å². The number of carbonyl (C=O) groups is 2. The van der Waals surface area contributed by atoms with Crippen molar-refractivity contribution in [2.45, 2.75) is 46.1 Å². The Balaban J connectivity index is 0.000000208. The van der Waals surface area contributed by atoms with Crippen LogP contribution in [0.5, 0.6) is 0 Å². The van der Waals surface area contributed by atoms with Crippen LogP contribution in [0.2, 0.25) is 0 Å². The third-order valence-electron chi connectivity index (χ3n) is 4.69. The molecule has 0 bridgehead atoms. The average molecular weight is 427 g/mol. The van der Waals surface area contributed by atoms with Crippen LogP contribution in [0.1, 0.15) is 40.0 Å². The van der Waals surface area contributed by atoms with Crippen molar-refractivity contribution in [3.63, 3.8) is 0 Å². The van der Waals surface area contributed by atoms with Crippen LogP contribution in [0.4, 0.5) is 11.6 Å². The van der Waals surface area contributed by atoms with Gasteiger partial charge in [0.1, 0.15) is 17.7 Å². The molecule has 2 saturated heterocycles. The number of rotatable bonds is 2. The molecule has 1 atom stereocenters. The molecular formula is C18H30N6O4S. The molecule has 2 fully saturated rings. The molecule has 1 unspecified atom stereocenters. The highest BCUT2D eigenvalue weighted by molar-refractivity contribution is 7.99. The molecule has 29 heavy (non-hydrogen) atoms. The molecule has 1 aromatic heterocycles. The fourth-order valence-corrected chi connectivity index (χ4v) is 4.21. The Kier molecular flexibility index (Phi) is 7.39. The monoisotopic (exact) mass is 426 g/mol. The summed E-state index contributed by atoms with van der Waals surface area (Å²) in [6.45, 7) is 7.30. The highest BCUT2D eigenvalue weighted by Gasteiger charge is 2.38. The van der Waals surface area contributed by atoms with Crippen molar-refractivity contribution >= 4 is 35.3 Å². The van der Waals surface area contributed by atoms with E-state index in [2.05, 4.69) is 9.88 Å². The number of nitrogen functional groups attached to an aromatic ring is 1. The molecule has 0 aliphatic carbocycles. The summed E-state index contributed by atoms with van der Waals surface area (Å²) >= 11 is 1.49. The molecule has 5 N–H and O–H groups in total. The second-order valence-electron chi connectivity index (χ2n) is 8.10. The van der Waals surface area contributed by atoms with Crippen molar-refractivity contribution in [2.24, 2.45) is 5.41 Å². The van der Waals surface area contributed by atoms with Crippen molar-refractivity contribution in [3.05, 3.63) is 11.7 Å². The number of piperidine rings is 1. The van der Waals surface area contributed by atoms with Gasteiger partial charge in [-0.2, -0.15) is 4.98 Å². The number of carbonyl (C=O) groups excluding carboxylic acids is 1. The summed E-state index contributed by atoms with van der Waals surface area (Å²) in [5.74, 6) is 0.824. The summed E-state index contributed by atoms with van der Waals surface area (Å²) in [5.41, 5.74) is 4.83. The predicted octanol–water partition coefficient (Wildman–Crippen LogP) is 1.19. The van der Waals surface area contributed by atoms with E-state index in [1.54, 1.807) is 26.8 Å². The summed E-state index contributed by atoms with van der Waals surface area (Å²) in [4.78, 5) is 30.2. The number of carboxylic acids is 1. The molecule has 11 heteroatoms. The largest absolute Gasteiger partial charge is 0.480 e. The maximum Gasteiger partial charge on any atom is 0.327 e. The summed E-state index contributed by atoms with van der Waals surface area (Å²) in [6.07, 6.45) is 3.53. The highest BCUT2D eigenvalue weighted by Crippen LogP contribution is 2.27. The van der Waals surface area contributed by atoms with Crippen molar-refractivity contribution in [2.75, 3.05) is 35.4 Å². The van der Waals surface area contributed by atoms with Crippen molar-refractivity contribution < 1.29 is 19.9 Å². The lowest BCUT2D eigenvalue weighted by atomic mass is 9.94. The van der Waals surface area contributed by atoms with Crippen LogP contribution >= 0.6 is 11.8 Å². The second-order valence-corrected chi connectivity index (χ2v) is 9.10. The lowest BCUT2D eigenvalue weighted by Gasteiger charge is -2.28. The van der Waals surface area contributed by atoms with Gasteiger partial charge in [-0.15, -0.1) is 16.5 Å². The Morgan fingerprint density at radius 3 is 2.41 bits per heavy atom. The van der Waals surface area contributed by atoms with Gasteiger partial charge in [0.05, 0.1) is 5.88 Å². The number of amides is 1. The molecule has 0 aromatic carbocycles. The molecule has 1 amide bonds. The first-order valence-corrected chi connectivity index (χ1v) is 10.7. The fraction of sp³-hybridized carbons (Fsp3) is 0.667. The standard InChI is InChI=1S/C9H15N5O.C9H15NO3S/c10-7-6-8(12-9(11)14(7)15)13-4-2-1-3-5-13;1-9(2,3)8(13)10-5-14-4-6(10)7(11)12/h6,11,15H,1-5,10H2;6H,4-5H2,1-3H3,(H,11,12). The Hall–Kier alpha value is -2.43. The van der Waals surface area contributed by atoms with Crippen LogP contribution in [-0.2, 0) is 9.59 Å². The molecule has 2 aliphatic rings. The zero-order valence-electron chi connectivity index (χ0n) is 17.1. The topological polar surface area (TPSA) is 149 Å². The summed E-state index contributed by atoms with van der Waals surface area (Å²) in [5, 5.41) is 25.6. The first kappa shape index (κ1) is 22.9. The van der Waals surface area contributed by atoms with Gasteiger partial charge in [0.15, 0.2) is 0 Å². The number of nitrogens with two attached hydrogens (primary N) is 1. The van der Waals surface area contributed by atoms with E-state index in [1.165, 1.54) is 23.1 Å². The molecule has 2 aliphatic heterocycles. The molecule has 1 aromatic rings. The molecular weight excluding hydrogens is 396 g/mol. The third-order valence-corrected chi connectivity index (χ3v) is 5.70. The zero-order valence-corrected chi connectivity index (χ0v) is 17.9.